The van der Waals surface area contributed by atoms with Gasteiger partial charge in [0.15, 0.2) is 0 Å². The van der Waals surface area contributed by atoms with Crippen LogP contribution in [0.25, 0.3) is 0 Å². The fourth-order valence-electron chi connectivity index (χ4n) is 0.792. The Hall–Kier alpha value is -0.0400. The van der Waals surface area contributed by atoms with Gasteiger partial charge in [0.05, 0.1) is 6.10 Å². The van der Waals surface area contributed by atoms with Crippen LogP contribution in [-0.4, -0.2) is 12.7 Å². The first-order chi connectivity index (χ1) is 5.20. The first-order valence-corrected chi connectivity index (χ1v) is 4.82. The molecule has 0 N–H and O–H groups in total. The topological polar surface area (TPSA) is 9.23 Å². The molecule has 0 aliphatic carbocycles. The summed E-state index contributed by atoms with van der Waals surface area (Å²) in [6, 6.07) is 0. The van der Waals surface area contributed by atoms with E-state index in [9.17, 15) is 0 Å². The third-order valence-corrected chi connectivity index (χ3v) is 2.28. The van der Waals surface area contributed by atoms with Crippen molar-refractivity contribution in [1.29, 1.82) is 0 Å². The maximum Gasteiger partial charge on any atom is 0.0544 e. The van der Waals surface area contributed by atoms with E-state index in [4.69, 9.17) is 4.74 Å². The molecule has 0 rings (SSSR count). The maximum absolute atomic E-state index is 5.56. The van der Waals surface area contributed by atoms with Gasteiger partial charge in [0.2, 0.25) is 0 Å². The monoisotopic (exact) mass is 158 g/mol. The van der Waals surface area contributed by atoms with E-state index in [1.807, 2.05) is 0 Å². The third kappa shape index (κ3) is 6.36. The number of rotatable bonds is 6. The zero-order valence-corrected chi connectivity index (χ0v) is 8.39. The van der Waals surface area contributed by atoms with E-state index in [0.717, 1.165) is 18.9 Å². The van der Waals surface area contributed by atoms with Crippen molar-refractivity contribution in [3.63, 3.8) is 0 Å². The molecule has 0 spiro atoms. The molecule has 0 aromatic heterocycles. The Kier molecular flexibility index (Phi) is 6.63. The second kappa shape index (κ2) is 6.66. The molecule has 68 valence electrons. The van der Waals surface area contributed by atoms with Gasteiger partial charge in [-0.05, 0) is 25.7 Å². The van der Waals surface area contributed by atoms with E-state index in [1.165, 1.54) is 12.8 Å². The molecule has 0 heterocycles. The molecule has 1 nitrogen and oxygen atoms in total. The van der Waals surface area contributed by atoms with Crippen LogP contribution in [0, 0.1) is 5.92 Å². The van der Waals surface area contributed by atoms with Crippen molar-refractivity contribution < 1.29 is 4.74 Å². The van der Waals surface area contributed by atoms with Crippen molar-refractivity contribution in [1.82, 2.24) is 0 Å². The minimum absolute atomic E-state index is 0.444. The van der Waals surface area contributed by atoms with Gasteiger partial charge >= 0.3 is 0 Å². The number of hydrogen-bond acceptors (Lipinski definition) is 1. The molecule has 0 saturated heterocycles. The normalized spacial score (nSPS) is 16.4. The number of ether oxygens (including phenoxy) is 1. The van der Waals surface area contributed by atoms with Gasteiger partial charge in [0.25, 0.3) is 0 Å². The maximum atomic E-state index is 5.56. The van der Waals surface area contributed by atoms with Crippen molar-refractivity contribution in [3.8, 4) is 0 Å². The Balaban J connectivity index is 3.13. The summed E-state index contributed by atoms with van der Waals surface area (Å²) in [6.07, 6.45) is 4.05. The minimum Gasteiger partial charge on any atom is -0.379 e. The van der Waals surface area contributed by atoms with Gasteiger partial charge in [0, 0.05) is 6.61 Å². The van der Waals surface area contributed by atoms with E-state index in [2.05, 4.69) is 27.7 Å². The molecule has 0 aliphatic rings. The molecular formula is C10H22O. The Morgan fingerprint density at radius 3 is 2.18 bits per heavy atom. The van der Waals surface area contributed by atoms with Gasteiger partial charge in [-0.2, -0.15) is 0 Å². The van der Waals surface area contributed by atoms with Crippen LogP contribution in [0.1, 0.15) is 47.0 Å². The number of hydrogen-bond donors (Lipinski definition) is 0. The van der Waals surface area contributed by atoms with Crippen molar-refractivity contribution in [3.05, 3.63) is 0 Å². The van der Waals surface area contributed by atoms with Crippen molar-refractivity contribution in [2.75, 3.05) is 6.61 Å². The van der Waals surface area contributed by atoms with Crippen LogP contribution in [0.2, 0.25) is 0 Å². The van der Waals surface area contributed by atoms with Crippen LogP contribution < -0.4 is 0 Å². The Labute approximate surface area is 71.1 Å². The SMILES string of the molecule is CCC(C)CCOC(C)CC. The van der Waals surface area contributed by atoms with E-state index >= 15 is 0 Å². The molecule has 0 fully saturated rings. The van der Waals surface area contributed by atoms with Crippen LogP contribution in [0.5, 0.6) is 0 Å². The highest BCUT2D eigenvalue weighted by atomic mass is 16.5. The minimum atomic E-state index is 0.444. The molecule has 0 bridgehead atoms. The molecule has 0 aromatic carbocycles. The summed E-state index contributed by atoms with van der Waals surface area (Å²) in [4.78, 5) is 0. The van der Waals surface area contributed by atoms with Crippen LogP contribution in [0.3, 0.4) is 0 Å². The molecule has 1 heteroatoms. The van der Waals surface area contributed by atoms with E-state index in [0.29, 0.717) is 6.10 Å². The van der Waals surface area contributed by atoms with Gasteiger partial charge in [-0.15, -0.1) is 0 Å². The van der Waals surface area contributed by atoms with Crippen LogP contribution >= 0.6 is 0 Å². The van der Waals surface area contributed by atoms with Crippen molar-refractivity contribution in [2.45, 2.75) is 53.1 Å². The average molecular weight is 158 g/mol. The molecule has 2 atom stereocenters. The molecule has 0 saturated carbocycles. The second-order valence-electron chi connectivity index (χ2n) is 3.39. The lowest BCUT2D eigenvalue weighted by Crippen LogP contribution is -2.09. The predicted molar refractivity (Wildman–Crippen MR) is 49.8 cm³/mol. The van der Waals surface area contributed by atoms with Crippen molar-refractivity contribution >= 4 is 0 Å². The third-order valence-electron chi connectivity index (χ3n) is 2.28. The lowest BCUT2D eigenvalue weighted by Gasteiger charge is -2.12. The van der Waals surface area contributed by atoms with Gasteiger partial charge in [0.1, 0.15) is 0 Å². The molecule has 0 amide bonds. The zero-order valence-electron chi connectivity index (χ0n) is 8.39. The Morgan fingerprint density at radius 1 is 1.09 bits per heavy atom. The van der Waals surface area contributed by atoms with Crippen LogP contribution in [0.4, 0.5) is 0 Å². The summed E-state index contributed by atoms with van der Waals surface area (Å²) in [5.74, 6) is 0.819. The summed E-state index contributed by atoms with van der Waals surface area (Å²) < 4.78 is 5.56. The molecule has 0 radical (unpaired) electrons. The van der Waals surface area contributed by atoms with Crippen molar-refractivity contribution in [2.24, 2.45) is 5.92 Å². The summed E-state index contributed by atoms with van der Waals surface area (Å²) in [5.41, 5.74) is 0. The first-order valence-electron chi connectivity index (χ1n) is 4.82. The van der Waals surface area contributed by atoms with E-state index in [-0.39, 0.29) is 0 Å². The quantitative estimate of drug-likeness (QED) is 0.576. The summed E-state index contributed by atoms with van der Waals surface area (Å²) in [5, 5.41) is 0. The fraction of sp³-hybridized carbons (Fsp3) is 1.00. The van der Waals surface area contributed by atoms with Crippen LogP contribution in [0.15, 0.2) is 0 Å². The highest BCUT2D eigenvalue weighted by Gasteiger charge is 2.00. The van der Waals surface area contributed by atoms with E-state index < -0.39 is 0 Å². The van der Waals surface area contributed by atoms with Gasteiger partial charge in [-0.25, -0.2) is 0 Å². The lowest BCUT2D eigenvalue weighted by molar-refractivity contribution is 0.0551. The Morgan fingerprint density at radius 2 is 1.73 bits per heavy atom. The highest BCUT2D eigenvalue weighted by molar-refractivity contribution is 4.50. The largest absolute Gasteiger partial charge is 0.379 e. The molecule has 2 unspecified atom stereocenters. The standard InChI is InChI=1S/C10H22O/c1-5-9(3)7-8-11-10(4)6-2/h9-10H,5-8H2,1-4H3. The molecule has 0 aliphatic heterocycles. The zero-order chi connectivity index (χ0) is 8.69. The predicted octanol–water partition coefficient (Wildman–Crippen LogP) is 3.24. The summed E-state index contributed by atoms with van der Waals surface area (Å²) >= 11 is 0. The lowest BCUT2D eigenvalue weighted by atomic mass is 10.1. The first kappa shape index (κ1) is 11.0. The van der Waals surface area contributed by atoms with E-state index in [1.54, 1.807) is 0 Å². The second-order valence-corrected chi connectivity index (χ2v) is 3.39. The molecular weight excluding hydrogens is 136 g/mol. The Bertz CT molecular complexity index is 70.9. The fourth-order valence-corrected chi connectivity index (χ4v) is 0.792. The van der Waals surface area contributed by atoms with Crippen LogP contribution in [-0.2, 0) is 4.74 Å². The molecule has 11 heavy (non-hydrogen) atoms. The summed E-state index contributed by atoms with van der Waals surface area (Å²) in [7, 11) is 0. The smallest absolute Gasteiger partial charge is 0.0544 e. The molecule has 0 aromatic rings. The van der Waals surface area contributed by atoms with Gasteiger partial charge in [-0.3, -0.25) is 0 Å². The van der Waals surface area contributed by atoms with Gasteiger partial charge in [-0.1, -0.05) is 27.2 Å². The van der Waals surface area contributed by atoms with Gasteiger partial charge < -0.3 is 4.74 Å². The highest BCUT2D eigenvalue weighted by Crippen LogP contribution is 2.07. The average Bonchev–Trinajstić information content (AvgIpc) is 2.04. The summed E-state index contributed by atoms with van der Waals surface area (Å²) in [6.45, 7) is 9.74.